The number of pyridine rings is 1. The van der Waals surface area contributed by atoms with Gasteiger partial charge in [-0.05, 0) is 25.0 Å². The monoisotopic (exact) mass is 264 g/mol. The number of likely N-dealkylation sites (N-methyl/N-ethyl adjacent to an activating group) is 1. The lowest BCUT2D eigenvalue weighted by Crippen LogP contribution is -2.44. The van der Waals surface area contributed by atoms with Gasteiger partial charge in [-0.25, -0.2) is 0 Å². The molecule has 0 bridgehead atoms. The van der Waals surface area contributed by atoms with Gasteiger partial charge in [-0.15, -0.1) is 0 Å². The highest BCUT2D eigenvalue weighted by atomic mass is 16.4. The normalized spacial score (nSPS) is 24.2. The van der Waals surface area contributed by atoms with Crippen molar-refractivity contribution in [3.63, 3.8) is 0 Å². The van der Waals surface area contributed by atoms with E-state index in [1.54, 1.807) is 12.3 Å². The van der Waals surface area contributed by atoms with Crippen LogP contribution in [0.5, 0.6) is 0 Å². The van der Waals surface area contributed by atoms with Crippen LogP contribution in [0.3, 0.4) is 0 Å². The number of nitrogens with zero attached hydrogens (tertiary/aromatic N) is 3. The molecular weight excluding hydrogens is 244 g/mol. The van der Waals surface area contributed by atoms with Crippen molar-refractivity contribution in [3.05, 3.63) is 24.0 Å². The van der Waals surface area contributed by atoms with Gasteiger partial charge in [-0.2, -0.15) is 0 Å². The van der Waals surface area contributed by atoms with Crippen LogP contribution in [0.25, 0.3) is 0 Å². The number of hydrogen-bond acceptors (Lipinski definition) is 5. The van der Waals surface area contributed by atoms with Gasteiger partial charge in [0.2, 0.25) is 0 Å². The van der Waals surface area contributed by atoms with E-state index in [1.165, 1.54) is 0 Å². The highest BCUT2D eigenvalue weighted by Gasteiger charge is 2.28. The van der Waals surface area contributed by atoms with Crippen LogP contribution in [0.15, 0.2) is 23.5 Å². The molecule has 1 aliphatic rings. The van der Waals surface area contributed by atoms with E-state index in [-0.39, 0.29) is 18.0 Å². The Bertz CT molecular complexity index is 464. The second kappa shape index (κ2) is 5.88. The molecule has 0 radical (unpaired) electrons. The van der Waals surface area contributed by atoms with E-state index in [1.807, 2.05) is 18.0 Å². The average molecular weight is 264 g/mol. The predicted molar refractivity (Wildman–Crippen MR) is 73.4 cm³/mol. The van der Waals surface area contributed by atoms with Gasteiger partial charge in [0.15, 0.2) is 5.84 Å². The minimum Gasteiger partial charge on any atom is -0.409 e. The Morgan fingerprint density at radius 2 is 2.21 bits per heavy atom. The number of aliphatic hydroxyl groups excluding tert-OH is 1. The summed E-state index contributed by atoms with van der Waals surface area (Å²) in [5.41, 5.74) is 6.85. The van der Waals surface area contributed by atoms with Gasteiger partial charge < -0.3 is 20.9 Å². The third-order valence-corrected chi connectivity index (χ3v) is 3.71. The summed E-state index contributed by atoms with van der Waals surface area (Å²) in [6, 6.07) is 3.71. The van der Waals surface area contributed by atoms with Gasteiger partial charge in [0.05, 0.1) is 17.8 Å². The second-order valence-electron chi connectivity index (χ2n) is 4.89. The van der Waals surface area contributed by atoms with Crippen molar-refractivity contribution in [1.29, 1.82) is 0 Å². The quantitative estimate of drug-likeness (QED) is 0.326. The van der Waals surface area contributed by atoms with Gasteiger partial charge in [0.1, 0.15) is 5.69 Å². The van der Waals surface area contributed by atoms with E-state index in [2.05, 4.69) is 10.1 Å². The van der Waals surface area contributed by atoms with E-state index in [0.29, 0.717) is 5.69 Å². The zero-order valence-electron chi connectivity index (χ0n) is 11.0. The fourth-order valence-corrected chi connectivity index (χ4v) is 2.65. The SMILES string of the molecule is CN(c1cccnc1/C(N)=N/O)C1CCCCC1O. The van der Waals surface area contributed by atoms with Gasteiger partial charge in [-0.1, -0.05) is 18.0 Å². The van der Waals surface area contributed by atoms with Crippen LogP contribution in [0.1, 0.15) is 31.4 Å². The number of oxime groups is 1. The maximum Gasteiger partial charge on any atom is 0.190 e. The summed E-state index contributed by atoms with van der Waals surface area (Å²) in [4.78, 5) is 6.13. The topological polar surface area (TPSA) is 95.0 Å². The molecular formula is C13H20N4O2. The Balaban J connectivity index is 2.30. The lowest BCUT2D eigenvalue weighted by atomic mass is 9.91. The smallest absolute Gasteiger partial charge is 0.190 e. The summed E-state index contributed by atoms with van der Waals surface area (Å²) < 4.78 is 0. The minimum atomic E-state index is -0.348. The van der Waals surface area contributed by atoms with E-state index in [9.17, 15) is 5.11 Å². The molecule has 0 amide bonds. The van der Waals surface area contributed by atoms with Crippen molar-refractivity contribution in [1.82, 2.24) is 4.98 Å². The van der Waals surface area contributed by atoms with E-state index < -0.39 is 0 Å². The lowest BCUT2D eigenvalue weighted by molar-refractivity contribution is 0.106. The fraction of sp³-hybridized carbons (Fsp3) is 0.538. The van der Waals surface area contributed by atoms with Crippen molar-refractivity contribution in [2.24, 2.45) is 10.9 Å². The number of nitrogens with two attached hydrogens (primary N) is 1. The van der Waals surface area contributed by atoms with Crippen LogP contribution in [0.4, 0.5) is 5.69 Å². The van der Waals surface area contributed by atoms with Crippen molar-refractivity contribution in [3.8, 4) is 0 Å². The Morgan fingerprint density at radius 1 is 1.47 bits per heavy atom. The van der Waals surface area contributed by atoms with Gasteiger partial charge in [0.25, 0.3) is 0 Å². The predicted octanol–water partition coefficient (Wildman–Crippen LogP) is 0.916. The average Bonchev–Trinajstić information content (AvgIpc) is 2.46. The maximum atomic E-state index is 10.1. The highest BCUT2D eigenvalue weighted by Crippen LogP contribution is 2.27. The fourth-order valence-electron chi connectivity index (χ4n) is 2.65. The van der Waals surface area contributed by atoms with E-state index in [4.69, 9.17) is 10.9 Å². The molecule has 0 aromatic carbocycles. The Hall–Kier alpha value is -1.82. The number of aromatic nitrogens is 1. The largest absolute Gasteiger partial charge is 0.409 e. The number of anilines is 1. The number of rotatable bonds is 3. The molecule has 1 aromatic heterocycles. The molecule has 1 fully saturated rings. The minimum absolute atomic E-state index is 0.0206. The molecule has 1 saturated carbocycles. The molecule has 1 heterocycles. The van der Waals surface area contributed by atoms with Crippen molar-refractivity contribution in [2.45, 2.75) is 37.8 Å². The number of amidine groups is 1. The van der Waals surface area contributed by atoms with Crippen LogP contribution in [-0.4, -0.2) is 40.3 Å². The van der Waals surface area contributed by atoms with Crippen molar-refractivity contribution >= 4 is 11.5 Å². The molecule has 0 spiro atoms. The molecule has 6 nitrogen and oxygen atoms in total. The standard InChI is InChI=1S/C13H20N4O2/c1-17(9-5-2-3-7-11(9)18)10-6-4-8-15-12(10)13(14)16-19/h4,6,8-9,11,18-19H,2-3,5,7H2,1H3,(H2,14,16). The van der Waals surface area contributed by atoms with Crippen LogP contribution in [0, 0.1) is 0 Å². The van der Waals surface area contributed by atoms with Gasteiger partial charge in [-0.3, -0.25) is 4.98 Å². The molecule has 19 heavy (non-hydrogen) atoms. The first-order chi connectivity index (χ1) is 9.15. The van der Waals surface area contributed by atoms with Gasteiger partial charge in [0, 0.05) is 13.2 Å². The Labute approximate surface area is 112 Å². The molecule has 4 N–H and O–H groups in total. The molecule has 104 valence electrons. The zero-order chi connectivity index (χ0) is 13.8. The summed E-state index contributed by atoms with van der Waals surface area (Å²) in [6.07, 6.45) is 5.16. The van der Waals surface area contributed by atoms with E-state index >= 15 is 0 Å². The summed E-state index contributed by atoms with van der Waals surface area (Å²) in [5, 5.41) is 21.9. The number of hydrogen-bond donors (Lipinski definition) is 3. The van der Waals surface area contributed by atoms with Crippen molar-refractivity contribution < 1.29 is 10.3 Å². The van der Waals surface area contributed by atoms with Crippen LogP contribution in [0.2, 0.25) is 0 Å². The van der Waals surface area contributed by atoms with Gasteiger partial charge >= 0.3 is 0 Å². The third-order valence-electron chi connectivity index (χ3n) is 3.71. The molecule has 1 aromatic rings. The first-order valence-electron chi connectivity index (χ1n) is 6.49. The molecule has 0 aliphatic heterocycles. The van der Waals surface area contributed by atoms with Crippen LogP contribution >= 0.6 is 0 Å². The highest BCUT2D eigenvalue weighted by molar-refractivity contribution is 6.00. The number of aliphatic hydroxyl groups is 1. The lowest BCUT2D eigenvalue weighted by Gasteiger charge is -2.37. The summed E-state index contributed by atoms with van der Waals surface area (Å²) in [6.45, 7) is 0. The first-order valence-corrected chi connectivity index (χ1v) is 6.49. The molecule has 1 aliphatic carbocycles. The Morgan fingerprint density at radius 3 is 2.89 bits per heavy atom. The zero-order valence-corrected chi connectivity index (χ0v) is 11.0. The molecule has 2 atom stereocenters. The maximum absolute atomic E-state index is 10.1. The van der Waals surface area contributed by atoms with Crippen molar-refractivity contribution in [2.75, 3.05) is 11.9 Å². The molecule has 2 rings (SSSR count). The van der Waals surface area contributed by atoms with E-state index in [0.717, 1.165) is 31.4 Å². The second-order valence-corrected chi connectivity index (χ2v) is 4.89. The molecule has 0 saturated heterocycles. The van der Waals surface area contributed by atoms with Crippen LogP contribution in [-0.2, 0) is 0 Å². The molecule has 6 heteroatoms. The Kier molecular flexibility index (Phi) is 4.21. The summed E-state index contributed by atoms with van der Waals surface area (Å²) >= 11 is 0. The van der Waals surface area contributed by atoms with Crippen LogP contribution < -0.4 is 10.6 Å². The molecule has 2 unspecified atom stereocenters. The third kappa shape index (κ3) is 2.78. The summed E-state index contributed by atoms with van der Waals surface area (Å²) in [7, 11) is 1.91. The summed E-state index contributed by atoms with van der Waals surface area (Å²) in [5.74, 6) is -0.0206. The first kappa shape index (κ1) is 13.6.